The van der Waals surface area contributed by atoms with Crippen LogP contribution in [0, 0.1) is 0 Å². The summed E-state index contributed by atoms with van der Waals surface area (Å²) >= 11 is 0. The molecule has 2 aromatic heterocycles. The van der Waals surface area contributed by atoms with Crippen LogP contribution in [0.2, 0.25) is 0 Å². The van der Waals surface area contributed by atoms with E-state index >= 15 is 0 Å². The topological polar surface area (TPSA) is 72.3 Å². The van der Waals surface area contributed by atoms with Crippen LogP contribution in [0.5, 0.6) is 0 Å². The van der Waals surface area contributed by atoms with Gasteiger partial charge in [-0.3, -0.25) is 9.48 Å². The zero-order valence-electron chi connectivity index (χ0n) is 14.1. The molecule has 1 aliphatic heterocycles. The predicted molar refractivity (Wildman–Crippen MR) is 90.6 cm³/mol. The van der Waals surface area contributed by atoms with Crippen LogP contribution in [-0.2, 0) is 16.1 Å². The van der Waals surface area contributed by atoms with Crippen LogP contribution >= 0.6 is 0 Å². The fourth-order valence-electron chi connectivity index (χ4n) is 2.70. The lowest BCUT2D eigenvalue weighted by Gasteiger charge is -2.32. The summed E-state index contributed by atoms with van der Waals surface area (Å²) in [6, 6.07) is 5.47. The number of carbonyl (C=O) groups excluding carboxylic acids is 1. The van der Waals surface area contributed by atoms with E-state index in [9.17, 15) is 4.79 Å². The zero-order valence-corrected chi connectivity index (χ0v) is 14.1. The van der Waals surface area contributed by atoms with E-state index in [4.69, 9.17) is 4.74 Å². The molecule has 24 heavy (non-hydrogen) atoms. The minimum absolute atomic E-state index is 0.0650. The number of anilines is 1. The van der Waals surface area contributed by atoms with Gasteiger partial charge in [0.2, 0.25) is 5.91 Å². The number of aromatic nitrogens is 3. The van der Waals surface area contributed by atoms with Gasteiger partial charge in [0.25, 0.3) is 0 Å². The first-order valence-electron chi connectivity index (χ1n) is 8.22. The quantitative estimate of drug-likeness (QED) is 0.897. The smallest absolute Gasteiger partial charge is 0.244 e. The largest absolute Gasteiger partial charge is 0.375 e. The molecule has 0 aliphatic carbocycles. The number of nitrogens with one attached hydrogen (secondary N) is 1. The predicted octanol–water partition coefficient (Wildman–Crippen LogP) is 1.38. The summed E-state index contributed by atoms with van der Waals surface area (Å²) in [6.07, 6.45) is 5.49. The van der Waals surface area contributed by atoms with Crippen molar-refractivity contribution in [1.82, 2.24) is 20.1 Å². The molecule has 7 nitrogen and oxygen atoms in total. The molecule has 0 spiro atoms. The van der Waals surface area contributed by atoms with Crippen molar-refractivity contribution in [3.05, 3.63) is 42.4 Å². The highest BCUT2D eigenvalue weighted by molar-refractivity contribution is 5.79. The van der Waals surface area contributed by atoms with Crippen LogP contribution in [0.1, 0.15) is 25.5 Å². The normalized spacial score (nSPS) is 19.1. The summed E-state index contributed by atoms with van der Waals surface area (Å²) in [4.78, 5) is 18.9. The van der Waals surface area contributed by atoms with Gasteiger partial charge in [-0.1, -0.05) is 6.07 Å². The highest BCUT2D eigenvalue weighted by atomic mass is 16.5. The molecule has 1 fully saturated rings. The van der Waals surface area contributed by atoms with Gasteiger partial charge in [0.1, 0.15) is 11.9 Å². The summed E-state index contributed by atoms with van der Waals surface area (Å²) in [5, 5.41) is 7.01. The molecule has 7 heteroatoms. The third-order valence-electron chi connectivity index (χ3n) is 4.14. The number of rotatable bonds is 5. The highest BCUT2D eigenvalue weighted by Crippen LogP contribution is 2.15. The second kappa shape index (κ2) is 7.44. The van der Waals surface area contributed by atoms with Gasteiger partial charge in [-0.15, -0.1) is 0 Å². The SMILES string of the molecule is C[C@H](C(=O)NCc1ccc(N2CCO[C@@H](C)C2)nc1)n1cccn1. The Balaban J connectivity index is 1.53. The average molecular weight is 329 g/mol. The summed E-state index contributed by atoms with van der Waals surface area (Å²) in [7, 11) is 0. The number of morpholine rings is 1. The Labute approximate surface area is 141 Å². The lowest BCUT2D eigenvalue weighted by Crippen LogP contribution is -2.41. The van der Waals surface area contributed by atoms with E-state index in [1.807, 2.05) is 25.3 Å². The van der Waals surface area contributed by atoms with Crippen LogP contribution in [0.3, 0.4) is 0 Å². The zero-order chi connectivity index (χ0) is 16.9. The molecule has 1 aliphatic rings. The van der Waals surface area contributed by atoms with E-state index < -0.39 is 0 Å². The fraction of sp³-hybridized carbons (Fsp3) is 0.471. The maximum atomic E-state index is 12.2. The first-order chi connectivity index (χ1) is 11.6. The van der Waals surface area contributed by atoms with E-state index in [0.717, 1.165) is 31.1 Å². The summed E-state index contributed by atoms with van der Waals surface area (Å²) in [5.41, 5.74) is 0.973. The Bertz CT molecular complexity index is 656. The van der Waals surface area contributed by atoms with Crippen molar-refractivity contribution in [3.8, 4) is 0 Å². The van der Waals surface area contributed by atoms with Crippen LogP contribution < -0.4 is 10.2 Å². The number of hydrogen-bond donors (Lipinski definition) is 1. The first-order valence-corrected chi connectivity index (χ1v) is 8.22. The van der Waals surface area contributed by atoms with Gasteiger partial charge in [-0.2, -0.15) is 5.10 Å². The van der Waals surface area contributed by atoms with E-state index in [0.29, 0.717) is 6.54 Å². The fourth-order valence-corrected chi connectivity index (χ4v) is 2.70. The van der Waals surface area contributed by atoms with Crippen LogP contribution in [-0.4, -0.2) is 46.5 Å². The van der Waals surface area contributed by atoms with Gasteiger partial charge < -0.3 is 15.0 Å². The Hall–Kier alpha value is -2.41. The molecule has 1 N–H and O–H groups in total. The molecular weight excluding hydrogens is 306 g/mol. The number of nitrogens with zero attached hydrogens (tertiary/aromatic N) is 4. The van der Waals surface area contributed by atoms with Crippen molar-refractivity contribution in [2.75, 3.05) is 24.6 Å². The molecule has 3 heterocycles. The van der Waals surface area contributed by atoms with Crippen LogP contribution in [0.15, 0.2) is 36.8 Å². The third kappa shape index (κ3) is 3.91. The summed E-state index contributed by atoms with van der Waals surface area (Å²) in [6.45, 7) is 6.78. The molecule has 0 unspecified atom stereocenters. The lowest BCUT2D eigenvalue weighted by molar-refractivity contribution is -0.124. The number of hydrogen-bond acceptors (Lipinski definition) is 5. The van der Waals surface area contributed by atoms with Crippen molar-refractivity contribution in [3.63, 3.8) is 0 Å². The molecule has 0 radical (unpaired) electrons. The standard InChI is InChI=1S/C17H23N5O2/c1-13-12-21(8-9-24-13)16-5-4-15(10-18-16)11-19-17(23)14(2)22-7-3-6-20-22/h3-7,10,13-14H,8-9,11-12H2,1-2H3,(H,19,23)/t13-,14+/m0/s1. The van der Waals surface area contributed by atoms with Gasteiger partial charge in [0.15, 0.2) is 0 Å². The Kier molecular flexibility index (Phi) is 5.10. The van der Waals surface area contributed by atoms with E-state index in [-0.39, 0.29) is 18.1 Å². The minimum Gasteiger partial charge on any atom is -0.375 e. The van der Waals surface area contributed by atoms with Gasteiger partial charge in [0.05, 0.1) is 12.7 Å². The molecule has 1 saturated heterocycles. The number of pyridine rings is 1. The van der Waals surface area contributed by atoms with Crippen molar-refractivity contribution in [2.24, 2.45) is 0 Å². The molecule has 2 aromatic rings. The Morgan fingerprint density at radius 1 is 1.50 bits per heavy atom. The van der Waals surface area contributed by atoms with E-state index in [2.05, 4.69) is 27.2 Å². The van der Waals surface area contributed by atoms with Crippen LogP contribution in [0.25, 0.3) is 0 Å². The second-order valence-electron chi connectivity index (χ2n) is 6.03. The van der Waals surface area contributed by atoms with E-state index in [1.54, 1.807) is 23.1 Å². The Morgan fingerprint density at radius 2 is 2.38 bits per heavy atom. The van der Waals surface area contributed by atoms with Gasteiger partial charge in [-0.25, -0.2) is 4.98 Å². The van der Waals surface area contributed by atoms with Crippen molar-refractivity contribution in [1.29, 1.82) is 0 Å². The first kappa shape index (κ1) is 16.4. The monoisotopic (exact) mass is 329 g/mol. The second-order valence-corrected chi connectivity index (χ2v) is 6.03. The molecular formula is C17H23N5O2. The summed E-state index contributed by atoms with van der Waals surface area (Å²) in [5.74, 6) is 0.884. The minimum atomic E-state index is -0.331. The van der Waals surface area contributed by atoms with E-state index in [1.165, 1.54) is 0 Å². The number of carbonyl (C=O) groups is 1. The molecule has 128 valence electrons. The van der Waals surface area contributed by atoms with Gasteiger partial charge >= 0.3 is 0 Å². The maximum absolute atomic E-state index is 12.2. The van der Waals surface area contributed by atoms with Crippen molar-refractivity contribution >= 4 is 11.7 Å². The summed E-state index contributed by atoms with van der Waals surface area (Å²) < 4.78 is 7.18. The van der Waals surface area contributed by atoms with Crippen molar-refractivity contribution in [2.45, 2.75) is 32.5 Å². The maximum Gasteiger partial charge on any atom is 0.244 e. The van der Waals surface area contributed by atoms with Crippen molar-refractivity contribution < 1.29 is 9.53 Å². The third-order valence-corrected chi connectivity index (χ3v) is 4.14. The average Bonchev–Trinajstić information content (AvgIpc) is 3.14. The Morgan fingerprint density at radius 3 is 3.04 bits per heavy atom. The molecule has 3 rings (SSSR count). The highest BCUT2D eigenvalue weighted by Gasteiger charge is 2.18. The molecule has 0 bridgehead atoms. The lowest BCUT2D eigenvalue weighted by atomic mass is 10.2. The molecule has 0 aromatic carbocycles. The number of ether oxygens (including phenoxy) is 1. The van der Waals surface area contributed by atoms with Gasteiger partial charge in [0, 0.05) is 38.2 Å². The van der Waals surface area contributed by atoms with Gasteiger partial charge in [-0.05, 0) is 31.5 Å². The molecule has 0 saturated carbocycles. The number of amides is 1. The molecule has 2 atom stereocenters. The van der Waals surface area contributed by atoms with Crippen LogP contribution in [0.4, 0.5) is 5.82 Å². The molecule has 1 amide bonds.